The van der Waals surface area contributed by atoms with Crippen LogP contribution in [0.15, 0.2) is 36.4 Å². The summed E-state index contributed by atoms with van der Waals surface area (Å²) >= 11 is 0. The molecule has 102 valence electrons. The molecule has 2 rings (SSSR count). The minimum absolute atomic E-state index is 0.0713. The molecule has 2 aromatic carbocycles. The van der Waals surface area contributed by atoms with Gasteiger partial charge < -0.3 is 9.84 Å². The molecule has 1 N–H and O–H groups in total. The van der Waals surface area contributed by atoms with Crippen LogP contribution in [-0.2, 0) is 0 Å². The van der Waals surface area contributed by atoms with E-state index >= 15 is 0 Å². The van der Waals surface area contributed by atoms with Crippen LogP contribution < -0.4 is 4.74 Å². The number of hydrogen-bond donors (Lipinski definition) is 1. The monoisotopic (exact) mass is 271 g/mol. The molecule has 0 aliphatic rings. The van der Waals surface area contributed by atoms with Crippen molar-refractivity contribution >= 4 is 0 Å². The Kier molecular flexibility index (Phi) is 4.02. The number of nitriles is 1. The maximum atomic E-state index is 13.7. The van der Waals surface area contributed by atoms with Crippen molar-refractivity contribution in [2.45, 2.75) is 20.0 Å². The highest BCUT2D eigenvalue weighted by Crippen LogP contribution is 2.32. The van der Waals surface area contributed by atoms with E-state index < -0.39 is 11.9 Å². The van der Waals surface area contributed by atoms with E-state index in [1.165, 1.54) is 12.1 Å². The first-order valence-electron chi connectivity index (χ1n) is 6.17. The standard InChI is InChI=1S/C16H14FNO2/c1-10-3-6-14(17)16(7-10)20-15-8-12(9-18)4-5-13(15)11(2)19/h3-8,11,19H,1-2H3/t11-/m0/s1. The van der Waals surface area contributed by atoms with E-state index in [4.69, 9.17) is 10.00 Å². The summed E-state index contributed by atoms with van der Waals surface area (Å²) in [6, 6.07) is 11.2. The van der Waals surface area contributed by atoms with Crippen LogP contribution in [0.3, 0.4) is 0 Å². The first-order valence-corrected chi connectivity index (χ1v) is 6.17. The molecule has 0 bridgehead atoms. The predicted octanol–water partition coefficient (Wildman–Crippen LogP) is 3.85. The summed E-state index contributed by atoms with van der Waals surface area (Å²) in [6.07, 6.45) is -0.773. The van der Waals surface area contributed by atoms with E-state index in [-0.39, 0.29) is 11.5 Å². The maximum Gasteiger partial charge on any atom is 0.165 e. The lowest BCUT2D eigenvalue weighted by molar-refractivity contribution is 0.195. The molecule has 1 atom stereocenters. The fourth-order valence-electron chi connectivity index (χ4n) is 1.84. The van der Waals surface area contributed by atoms with Crippen LogP contribution in [0.1, 0.15) is 29.7 Å². The van der Waals surface area contributed by atoms with Crippen molar-refractivity contribution in [3.63, 3.8) is 0 Å². The van der Waals surface area contributed by atoms with Gasteiger partial charge in [-0.2, -0.15) is 5.26 Å². The number of aliphatic hydroxyl groups is 1. The summed E-state index contributed by atoms with van der Waals surface area (Å²) in [6.45, 7) is 3.41. The van der Waals surface area contributed by atoms with E-state index in [2.05, 4.69) is 0 Å². The van der Waals surface area contributed by atoms with Gasteiger partial charge in [0.05, 0.1) is 17.7 Å². The Morgan fingerprint density at radius 3 is 2.60 bits per heavy atom. The van der Waals surface area contributed by atoms with Gasteiger partial charge in [0.2, 0.25) is 0 Å². The molecule has 0 aliphatic heterocycles. The fraction of sp³-hybridized carbons (Fsp3) is 0.188. The first-order chi connectivity index (χ1) is 9.51. The van der Waals surface area contributed by atoms with Crippen LogP contribution in [0, 0.1) is 24.1 Å². The third kappa shape index (κ3) is 2.95. The van der Waals surface area contributed by atoms with Crippen molar-refractivity contribution in [2.24, 2.45) is 0 Å². The molecule has 3 nitrogen and oxygen atoms in total. The van der Waals surface area contributed by atoms with Gasteiger partial charge in [0.25, 0.3) is 0 Å². The van der Waals surface area contributed by atoms with Crippen LogP contribution in [0.25, 0.3) is 0 Å². The number of hydrogen-bond acceptors (Lipinski definition) is 3. The van der Waals surface area contributed by atoms with Crippen molar-refractivity contribution < 1.29 is 14.2 Å². The molecule has 4 heteroatoms. The number of ether oxygens (including phenoxy) is 1. The van der Waals surface area contributed by atoms with E-state index in [9.17, 15) is 9.50 Å². The number of halogens is 1. The van der Waals surface area contributed by atoms with Gasteiger partial charge in [0.15, 0.2) is 11.6 Å². The zero-order chi connectivity index (χ0) is 14.7. The van der Waals surface area contributed by atoms with Crippen molar-refractivity contribution in [3.8, 4) is 17.6 Å². The van der Waals surface area contributed by atoms with Crippen LogP contribution >= 0.6 is 0 Å². The zero-order valence-corrected chi connectivity index (χ0v) is 11.2. The summed E-state index contributed by atoms with van der Waals surface area (Å²) in [4.78, 5) is 0. The maximum absolute atomic E-state index is 13.7. The Morgan fingerprint density at radius 1 is 1.20 bits per heavy atom. The largest absolute Gasteiger partial charge is 0.454 e. The number of aryl methyl sites for hydroxylation is 1. The molecule has 0 saturated heterocycles. The quantitative estimate of drug-likeness (QED) is 0.922. The number of rotatable bonds is 3. The highest BCUT2D eigenvalue weighted by atomic mass is 19.1. The normalized spacial score (nSPS) is 11.8. The van der Waals surface area contributed by atoms with Gasteiger partial charge in [0, 0.05) is 5.56 Å². The molecule has 0 aromatic heterocycles. The number of nitrogens with zero attached hydrogens (tertiary/aromatic N) is 1. The van der Waals surface area contributed by atoms with Crippen LogP contribution in [0.2, 0.25) is 0 Å². The summed E-state index contributed by atoms with van der Waals surface area (Å²) in [5.74, 6) is -0.139. The molecular weight excluding hydrogens is 257 g/mol. The second kappa shape index (κ2) is 5.72. The lowest BCUT2D eigenvalue weighted by atomic mass is 10.1. The summed E-state index contributed by atoms with van der Waals surface area (Å²) in [7, 11) is 0. The van der Waals surface area contributed by atoms with Gasteiger partial charge in [-0.15, -0.1) is 0 Å². The third-order valence-electron chi connectivity index (χ3n) is 2.90. The van der Waals surface area contributed by atoms with Gasteiger partial charge >= 0.3 is 0 Å². The van der Waals surface area contributed by atoms with E-state index in [1.807, 2.05) is 13.0 Å². The molecule has 0 saturated carbocycles. The van der Waals surface area contributed by atoms with E-state index in [1.54, 1.807) is 31.2 Å². The van der Waals surface area contributed by atoms with Crippen molar-refractivity contribution in [1.82, 2.24) is 0 Å². The Hall–Kier alpha value is -2.38. The lowest BCUT2D eigenvalue weighted by Crippen LogP contribution is -1.98. The molecular formula is C16H14FNO2. The van der Waals surface area contributed by atoms with Gasteiger partial charge in [-0.1, -0.05) is 12.1 Å². The highest BCUT2D eigenvalue weighted by molar-refractivity contribution is 5.46. The molecule has 0 heterocycles. The Morgan fingerprint density at radius 2 is 1.95 bits per heavy atom. The average Bonchev–Trinajstić information content (AvgIpc) is 2.42. The third-order valence-corrected chi connectivity index (χ3v) is 2.90. The molecule has 0 fully saturated rings. The second-order valence-corrected chi connectivity index (χ2v) is 4.58. The molecule has 0 unspecified atom stereocenters. The second-order valence-electron chi connectivity index (χ2n) is 4.58. The van der Waals surface area contributed by atoms with Crippen LogP contribution in [0.4, 0.5) is 4.39 Å². The molecule has 2 aromatic rings. The number of benzene rings is 2. The molecule has 0 spiro atoms. The zero-order valence-electron chi connectivity index (χ0n) is 11.2. The molecule has 0 aliphatic carbocycles. The highest BCUT2D eigenvalue weighted by Gasteiger charge is 2.13. The van der Waals surface area contributed by atoms with Crippen molar-refractivity contribution in [3.05, 3.63) is 58.9 Å². The Labute approximate surface area is 116 Å². The summed E-state index contributed by atoms with van der Waals surface area (Å²) in [5, 5.41) is 18.6. The average molecular weight is 271 g/mol. The van der Waals surface area contributed by atoms with Crippen molar-refractivity contribution in [1.29, 1.82) is 5.26 Å². The SMILES string of the molecule is Cc1ccc(F)c(Oc2cc(C#N)ccc2[C@H](C)O)c1. The van der Waals surface area contributed by atoms with Gasteiger partial charge in [-0.3, -0.25) is 0 Å². The van der Waals surface area contributed by atoms with Gasteiger partial charge in [0.1, 0.15) is 5.75 Å². The van der Waals surface area contributed by atoms with E-state index in [0.717, 1.165) is 5.56 Å². The molecule has 0 amide bonds. The fourth-order valence-corrected chi connectivity index (χ4v) is 1.84. The Balaban J connectivity index is 2.46. The summed E-state index contributed by atoms with van der Waals surface area (Å²) in [5.41, 5.74) is 1.75. The molecule has 0 radical (unpaired) electrons. The minimum Gasteiger partial charge on any atom is -0.454 e. The van der Waals surface area contributed by atoms with Crippen LogP contribution in [-0.4, -0.2) is 5.11 Å². The molecule has 20 heavy (non-hydrogen) atoms. The van der Waals surface area contributed by atoms with Crippen LogP contribution in [0.5, 0.6) is 11.5 Å². The van der Waals surface area contributed by atoms with E-state index in [0.29, 0.717) is 11.1 Å². The van der Waals surface area contributed by atoms with Gasteiger partial charge in [-0.05, 0) is 43.7 Å². The Bertz CT molecular complexity index is 675. The minimum atomic E-state index is -0.773. The van der Waals surface area contributed by atoms with Crippen molar-refractivity contribution in [2.75, 3.05) is 0 Å². The van der Waals surface area contributed by atoms with Gasteiger partial charge in [-0.25, -0.2) is 4.39 Å². The summed E-state index contributed by atoms with van der Waals surface area (Å²) < 4.78 is 19.3. The number of aliphatic hydroxyl groups excluding tert-OH is 1. The topological polar surface area (TPSA) is 53.2 Å². The smallest absolute Gasteiger partial charge is 0.165 e. The predicted molar refractivity (Wildman–Crippen MR) is 73.0 cm³/mol. The lowest BCUT2D eigenvalue weighted by Gasteiger charge is -2.14. The first kappa shape index (κ1) is 14.0.